The number of rotatable bonds is 2. The third-order valence-corrected chi connectivity index (χ3v) is 2.51. The SMILES string of the molecule is CC1=CC(O)(C(F)F)N(C(=O)c2cccnc2)N1. The number of pyridine rings is 1. The van der Waals surface area contributed by atoms with E-state index in [1.54, 1.807) is 0 Å². The van der Waals surface area contributed by atoms with Crippen molar-refractivity contribution in [2.75, 3.05) is 0 Å². The molecule has 2 N–H and O–H groups in total. The van der Waals surface area contributed by atoms with Gasteiger partial charge >= 0.3 is 0 Å². The predicted octanol–water partition coefficient (Wildman–Crippen LogP) is 0.899. The first-order valence-electron chi connectivity index (χ1n) is 5.16. The van der Waals surface area contributed by atoms with Gasteiger partial charge in [-0.25, -0.2) is 13.8 Å². The Morgan fingerprint density at radius 3 is 2.89 bits per heavy atom. The average molecular weight is 255 g/mol. The summed E-state index contributed by atoms with van der Waals surface area (Å²) in [6, 6.07) is 2.93. The number of amides is 1. The lowest BCUT2D eigenvalue weighted by molar-refractivity contribution is -0.146. The number of hydrogen-bond donors (Lipinski definition) is 2. The standard InChI is InChI=1S/C11H11F2N3O2/c1-7-5-11(18,10(12)13)16(15-7)9(17)8-3-2-4-14-6-8/h2-6,10,15,18H,1H3. The summed E-state index contributed by atoms with van der Waals surface area (Å²) in [5, 5.41) is 10.3. The molecule has 1 aliphatic heterocycles. The summed E-state index contributed by atoms with van der Waals surface area (Å²) >= 11 is 0. The molecule has 0 bridgehead atoms. The molecule has 2 heterocycles. The van der Waals surface area contributed by atoms with Crippen LogP contribution in [-0.4, -0.2) is 33.2 Å². The molecule has 0 saturated heterocycles. The minimum absolute atomic E-state index is 0.104. The molecule has 0 aliphatic carbocycles. The lowest BCUT2D eigenvalue weighted by atomic mass is 10.2. The summed E-state index contributed by atoms with van der Waals surface area (Å²) < 4.78 is 25.8. The van der Waals surface area contributed by atoms with E-state index in [4.69, 9.17) is 0 Å². The van der Waals surface area contributed by atoms with Gasteiger partial charge in [-0.1, -0.05) is 0 Å². The number of nitrogens with zero attached hydrogens (tertiary/aromatic N) is 2. The zero-order valence-corrected chi connectivity index (χ0v) is 9.47. The maximum atomic E-state index is 12.9. The van der Waals surface area contributed by atoms with Crippen LogP contribution in [0.25, 0.3) is 0 Å². The summed E-state index contributed by atoms with van der Waals surface area (Å²) in [6.07, 6.45) is 0.482. The number of hydrogen-bond acceptors (Lipinski definition) is 4. The Morgan fingerprint density at radius 1 is 1.61 bits per heavy atom. The molecular formula is C11H11F2N3O2. The van der Waals surface area contributed by atoms with Gasteiger partial charge in [-0.3, -0.25) is 15.2 Å². The molecule has 1 aliphatic rings. The number of allylic oxidation sites excluding steroid dienone is 1. The Kier molecular flexibility index (Phi) is 3.00. The highest BCUT2D eigenvalue weighted by Crippen LogP contribution is 2.28. The third kappa shape index (κ3) is 1.92. The molecule has 0 spiro atoms. The van der Waals surface area contributed by atoms with Gasteiger partial charge in [-0.15, -0.1) is 0 Å². The molecule has 0 radical (unpaired) electrons. The summed E-state index contributed by atoms with van der Waals surface area (Å²) in [6.45, 7) is 1.48. The second-order valence-corrected chi connectivity index (χ2v) is 3.91. The van der Waals surface area contributed by atoms with E-state index < -0.39 is 18.1 Å². The molecule has 0 fully saturated rings. The monoisotopic (exact) mass is 255 g/mol. The van der Waals surface area contributed by atoms with Crippen molar-refractivity contribution in [2.24, 2.45) is 0 Å². The molecule has 1 amide bonds. The zero-order chi connectivity index (χ0) is 13.3. The summed E-state index contributed by atoms with van der Waals surface area (Å²) in [5.41, 5.74) is 0.146. The van der Waals surface area contributed by atoms with E-state index >= 15 is 0 Å². The lowest BCUT2D eigenvalue weighted by Gasteiger charge is -2.31. The van der Waals surface area contributed by atoms with Crippen LogP contribution >= 0.6 is 0 Å². The van der Waals surface area contributed by atoms with Crippen LogP contribution in [0.3, 0.4) is 0 Å². The van der Waals surface area contributed by atoms with Gasteiger partial charge in [-0.05, 0) is 25.1 Å². The van der Waals surface area contributed by atoms with Gasteiger partial charge in [0.2, 0.25) is 5.72 Å². The number of aromatic nitrogens is 1. The van der Waals surface area contributed by atoms with Gasteiger partial charge in [0.1, 0.15) is 0 Å². The quantitative estimate of drug-likeness (QED) is 0.824. The van der Waals surface area contributed by atoms with Gasteiger partial charge in [0.05, 0.1) is 5.56 Å². The van der Waals surface area contributed by atoms with Crippen molar-refractivity contribution in [3.05, 3.63) is 41.9 Å². The smallest absolute Gasteiger partial charge is 0.291 e. The van der Waals surface area contributed by atoms with Crippen LogP contribution in [0.5, 0.6) is 0 Å². The Hall–Kier alpha value is -2.02. The largest absolute Gasteiger partial charge is 0.361 e. The number of carbonyl (C=O) groups excluding carboxylic acids is 1. The molecule has 18 heavy (non-hydrogen) atoms. The molecule has 1 aromatic rings. The van der Waals surface area contributed by atoms with E-state index in [0.717, 1.165) is 6.08 Å². The number of alkyl halides is 2. The van der Waals surface area contributed by atoms with Gasteiger partial charge in [0.15, 0.2) is 0 Å². The second-order valence-electron chi connectivity index (χ2n) is 3.91. The molecular weight excluding hydrogens is 244 g/mol. The van der Waals surface area contributed by atoms with Gasteiger partial charge in [0, 0.05) is 18.1 Å². The fourth-order valence-corrected chi connectivity index (χ4v) is 1.67. The van der Waals surface area contributed by atoms with E-state index in [-0.39, 0.29) is 11.3 Å². The van der Waals surface area contributed by atoms with Crippen LogP contribution in [0.4, 0.5) is 8.78 Å². The highest BCUT2D eigenvalue weighted by atomic mass is 19.3. The Labute approximate surface area is 102 Å². The van der Waals surface area contributed by atoms with Crippen LogP contribution in [0.15, 0.2) is 36.3 Å². The maximum absolute atomic E-state index is 12.9. The van der Waals surface area contributed by atoms with Gasteiger partial charge in [-0.2, -0.15) is 0 Å². The lowest BCUT2D eigenvalue weighted by Crippen LogP contribution is -2.56. The highest BCUT2D eigenvalue weighted by molar-refractivity contribution is 5.94. The Balaban J connectivity index is 2.32. The van der Waals surface area contributed by atoms with Crippen molar-refractivity contribution in [2.45, 2.75) is 19.1 Å². The Morgan fingerprint density at radius 2 is 2.33 bits per heavy atom. The molecule has 1 atom stereocenters. The van der Waals surface area contributed by atoms with Gasteiger partial charge in [0.25, 0.3) is 12.3 Å². The number of halogens is 2. The van der Waals surface area contributed by atoms with Gasteiger partial charge < -0.3 is 5.11 Å². The summed E-state index contributed by atoms with van der Waals surface area (Å²) in [4.78, 5) is 15.7. The van der Waals surface area contributed by atoms with Crippen LogP contribution < -0.4 is 5.43 Å². The first-order chi connectivity index (χ1) is 8.45. The zero-order valence-electron chi connectivity index (χ0n) is 9.47. The fourth-order valence-electron chi connectivity index (χ4n) is 1.67. The predicted molar refractivity (Wildman–Crippen MR) is 58.3 cm³/mol. The van der Waals surface area contributed by atoms with Crippen LogP contribution in [0, 0.1) is 0 Å². The highest BCUT2D eigenvalue weighted by Gasteiger charge is 2.49. The van der Waals surface area contributed by atoms with Crippen molar-refractivity contribution in [3.63, 3.8) is 0 Å². The van der Waals surface area contributed by atoms with Crippen molar-refractivity contribution >= 4 is 5.91 Å². The molecule has 1 aromatic heterocycles. The number of nitrogens with one attached hydrogen (secondary N) is 1. The number of hydrazine groups is 1. The van der Waals surface area contributed by atoms with E-state index in [0.29, 0.717) is 5.01 Å². The van der Waals surface area contributed by atoms with Crippen molar-refractivity contribution < 1.29 is 18.7 Å². The minimum Gasteiger partial charge on any atom is -0.361 e. The first kappa shape index (κ1) is 12.4. The molecule has 1 unspecified atom stereocenters. The fraction of sp³-hybridized carbons (Fsp3) is 0.273. The van der Waals surface area contributed by atoms with E-state index in [9.17, 15) is 18.7 Å². The second kappa shape index (κ2) is 4.34. The molecule has 96 valence electrons. The van der Waals surface area contributed by atoms with E-state index in [2.05, 4.69) is 10.4 Å². The van der Waals surface area contributed by atoms with Crippen molar-refractivity contribution in [1.82, 2.24) is 15.4 Å². The molecule has 7 heteroatoms. The van der Waals surface area contributed by atoms with Crippen LogP contribution in [-0.2, 0) is 0 Å². The van der Waals surface area contributed by atoms with Crippen molar-refractivity contribution in [1.29, 1.82) is 0 Å². The molecule has 2 rings (SSSR count). The Bertz CT molecular complexity index is 492. The average Bonchev–Trinajstić information content (AvgIpc) is 2.66. The van der Waals surface area contributed by atoms with Crippen LogP contribution in [0.2, 0.25) is 0 Å². The minimum atomic E-state index is -3.12. The molecule has 0 saturated carbocycles. The summed E-state index contributed by atoms with van der Waals surface area (Å²) in [5.74, 6) is -0.779. The number of carbonyl (C=O) groups is 1. The maximum Gasteiger partial charge on any atom is 0.291 e. The number of aliphatic hydroxyl groups is 1. The molecule has 5 nitrogen and oxygen atoms in total. The van der Waals surface area contributed by atoms with Crippen LogP contribution in [0.1, 0.15) is 17.3 Å². The van der Waals surface area contributed by atoms with E-state index in [1.807, 2.05) is 0 Å². The summed E-state index contributed by atoms with van der Waals surface area (Å²) in [7, 11) is 0. The van der Waals surface area contributed by atoms with E-state index in [1.165, 1.54) is 31.5 Å². The third-order valence-electron chi connectivity index (χ3n) is 2.51. The molecule has 0 aromatic carbocycles. The normalized spacial score (nSPS) is 22.9. The first-order valence-corrected chi connectivity index (χ1v) is 5.16. The van der Waals surface area contributed by atoms with Crippen molar-refractivity contribution in [3.8, 4) is 0 Å². The topological polar surface area (TPSA) is 65.5 Å².